The van der Waals surface area contributed by atoms with Crippen molar-refractivity contribution in [1.29, 1.82) is 0 Å². The van der Waals surface area contributed by atoms with Crippen LogP contribution in [0.5, 0.6) is 0 Å². The van der Waals surface area contributed by atoms with Gasteiger partial charge in [-0.1, -0.05) is 67.5 Å². The lowest BCUT2D eigenvalue weighted by Gasteiger charge is -2.46. The van der Waals surface area contributed by atoms with Crippen molar-refractivity contribution in [3.63, 3.8) is 0 Å². The third-order valence-electron chi connectivity index (χ3n) is 16.5. The van der Waals surface area contributed by atoms with Gasteiger partial charge >= 0.3 is 0 Å². The van der Waals surface area contributed by atoms with Crippen LogP contribution in [0.25, 0.3) is 0 Å². The van der Waals surface area contributed by atoms with Crippen LogP contribution in [0.4, 0.5) is 0 Å². The Morgan fingerprint density at radius 3 is 2.19 bits per heavy atom. The van der Waals surface area contributed by atoms with Gasteiger partial charge in [-0.15, -0.1) is 0 Å². The summed E-state index contributed by atoms with van der Waals surface area (Å²) in [5.74, 6) is 9.00. The number of likely N-dealkylation sites (tertiary alicyclic amines) is 2. The molecule has 48 heavy (non-hydrogen) atoms. The van der Waals surface area contributed by atoms with E-state index in [1.54, 1.807) is 11.4 Å². The van der Waals surface area contributed by atoms with Crippen LogP contribution in [0.3, 0.4) is 0 Å². The van der Waals surface area contributed by atoms with Crippen LogP contribution in [0.15, 0.2) is 71.8 Å². The maximum atomic E-state index is 3.14. The Kier molecular flexibility index (Phi) is 8.34. The number of rotatable bonds is 4. The molecule has 0 radical (unpaired) electrons. The van der Waals surface area contributed by atoms with Gasteiger partial charge < -0.3 is 9.80 Å². The predicted octanol–water partition coefficient (Wildman–Crippen LogP) is 11.5. The Labute approximate surface area is 292 Å². The van der Waals surface area contributed by atoms with Gasteiger partial charge in [0.2, 0.25) is 0 Å². The summed E-state index contributed by atoms with van der Waals surface area (Å²) in [5, 5.41) is 0. The number of nitrogens with zero attached hydrogens (tertiary/aromatic N) is 2. The van der Waals surface area contributed by atoms with Crippen molar-refractivity contribution >= 4 is 0 Å². The minimum Gasteiger partial charge on any atom is -0.369 e. The van der Waals surface area contributed by atoms with E-state index < -0.39 is 0 Å². The van der Waals surface area contributed by atoms with Crippen LogP contribution in [-0.4, -0.2) is 27.9 Å². The highest BCUT2D eigenvalue weighted by molar-refractivity contribution is 5.35. The molecule has 0 spiro atoms. The molecule has 11 unspecified atom stereocenters. The van der Waals surface area contributed by atoms with E-state index in [2.05, 4.69) is 64.5 Å². The van der Waals surface area contributed by atoms with Crippen molar-refractivity contribution in [1.82, 2.24) is 9.80 Å². The summed E-state index contributed by atoms with van der Waals surface area (Å²) in [5.41, 5.74) is 5.22. The van der Waals surface area contributed by atoms with Gasteiger partial charge in [0, 0.05) is 46.9 Å². The summed E-state index contributed by atoms with van der Waals surface area (Å²) in [6.07, 6.45) is 53.3. The summed E-state index contributed by atoms with van der Waals surface area (Å²) in [6.45, 7) is 0. The van der Waals surface area contributed by atoms with Crippen molar-refractivity contribution < 1.29 is 0 Å². The molecule has 8 aliphatic carbocycles. The van der Waals surface area contributed by atoms with Crippen LogP contribution >= 0.6 is 0 Å². The van der Waals surface area contributed by atoms with Gasteiger partial charge in [0.1, 0.15) is 0 Å². The third kappa shape index (κ3) is 5.30. The molecule has 0 bridgehead atoms. The molecule has 0 N–H and O–H groups in total. The van der Waals surface area contributed by atoms with Gasteiger partial charge in [0.15, 0.2) is 0 Å². The fraction of sp³-hybridized carbons (Fsp3) is 0.739. The lowest BCUT2D eigenvalue weighted by Crippen LogP contribution is -2.45. The second-order valence-corrected chi connectivity index (χ2v) is 18.6. The Balaban J connectivity index is 0.800. The molecule has 10 rings (SSSR count). The summed E-state index contributed by atoms with van der Waals surface area (Å²) < 4.78 is 0. The van der Waals surface area contributed by atoms with Crippen LogP contribution in [0, 0.1) is 59.2 Å². The molecule has 2 aliphatic heterocycles. The number of hydrogen-bond donors (Lipinski definition) is 0. The normalized spacial score (nSPS) is 46.5. The fourth-order valence-corrected chi connectivity index (χ4v) is 14.2. The zero-order valence-corrected chi connectivity index (χ0v) is 29.9. The Morgan fingerprint density at radius 2 is 1.35 bits per heavy atom. The smallest absolute Gasteiger partial charge is 0.0588 e. The van der Waals surface area contributed by atoms with E-state index in [1.807, 2.05) is 5.70 Å². The van der Waals surface area contributed by atoms with E-state index in [4.69, 9.17) is 0 Å². The molecule has 2 nitrogen and oxygen atoms in total. The monoisotopic (exact) mass is 645 g/mol. The molecule has 2 saturated heterocycles. The quantitative estimate of drug-likeness (QED) is 0.281. The zero-order valence-electron chi connectivity index (χ0n) is 29.9. The number of allylic oxidation sites excluding steroid dienone is 10. The first-order valence-electron chi connectivity index (χ1n) is 21.5. The largest absolute Gasteiger partial charge is 0.369 e. The van der Waals surface area contributed by atoms with E-state index in [0.29, 0.717) is 12.0 Å². The van der Waals surface area contributed by atoms with E-state index in [9.17, 15) is 0 Å². The van der Waals surface area contributed by atoms with Crippen molar-refractivity contribution in [2.45, 2.75) is 153 Å². The molecule has 2 heterocycles. The average molecular weight is 645 g/mol. The molecule has 11 atom stereocenters. The minimum atomic E-state index is 0.573. The summed E-state index contributed by atoms with van der Waals surface area (Å²) in [6, 6.07) is 2.30. The number of fused-ring (bicyclic) bond motifs is 7. The highest BCUT2D eigenvalue weighted by Gasteiger charge is 2.52. The first kappa shape index (κ1) is 30.8. The molecule has 0 aromatic rings. The predicted molar refractivity (Wildman–Crippen MR) is 199 cm³/mol. The van der Waals surface area contributed by atoms with Gasteiger partial charge in [0.05, 0.1) is 6.04 Å². The minimum absolute atomic E-state index is 0.573. The van der Waals surface area contributed by atoms with E-state index in [1.165, 1.54) is 135 Å². The van der Waals surface area contributed by atoms with Crippen LogP contribution in [0.1, 0.15) is 135 Å². The Morgan fingerprint density at radius 1 is 0.562 bits per heavy atom. The Hall–Kier alpha value is -1.96. The maximum absolute atomic E-state index is 3.14. The first-order chi connectivity index (χ1) is 23.8. The van der Waals surface area contributed by atoms with E-state index in [0.717, 1.165) is 65.3 Å². The van der Waals surface area contributed by atoms with Crippen LogP contribution < -0.4 is 0 Å². The van der Waals surface area contributed by atoms with Crippen LogP contribution in [-0.2, 0) is 0 Å². The SMILES string of the molecule is C1=CC2C3CC(C4CCC(C5CC=C6C(C5)C5CCCCC5N6C5CCC6C=CCCC6C5)CC4)CC=C3N(C3=CCCCC3)C2C=C1. The lowest BCUT2D eigenvalue weighted by molar-refractivity contribution is 0.0885. The van der Waals surface area contributed by atoms with Crippen LogP contribution in [0.2, 0.25) is 0 Å². The Bertz CT molecular complexity index is 1380. The molecule has 10 aliphatic rings. The molecule has 0 amide bonds. The van der Waals surface area contributed by atoms with Crippen molar-refractivity contribution in [2.75, 3.05) is 0 Å². The second-order valence-electron chi connectivity index (χ2n) is 18.6. The molecular weight excluding hydrogens is 581 g/mol. The van der Waals surface area contributed by atoms with E-state index >= 15 is 0 Å². The molecule has 0 aromatic carbocycles. The lowest BCUT2D eigenvalue weighted by atomic mass is 9.64. The molecule has 0 aromatic heterocycles. The van der Waals surface area contributed by atoms with Gasteiger partial charge in [0.25, 0.3) is 0 Å². The van der Waals surface area contributed by atoms with Gasteiger partial charge in [-0.3, -0.25) is 0 Å². The number of hydrogen-bond acceptors (Lipinski definition) is 2. The van der Waals surface area contributed by atoms with Crippen molar-refractivity contribution in [3.8, 4) is 0 Å². The maximum Gasteiger partial charge on any atom is 0.0588 e. The van der Waals surface area contributed by atoms with E-state index in [-0.39, 0.29) is 0 Å². The molecule has 5 fully saturated rings. The third-order valence-corrected chi connectivity index (χ3v) is 16.5. The fourth-order valence-electron chi connectivity index (χ4n) is 14.2. The molecular formula is C46H64N2. The highest BCUT2D eigenvalue weighted by atomic mass is 15.2. The molecule has 3 saturated carbocycles. The van der Waals surface area contributed by atoms with Crippen molar-refractivity contribution in [3.05, 3.63) is 71.8 Å². The summed E-state index contributed by atoms with van der Waals surface area (Å²) >= 11 is 0. The van der Waals surface area contributed by atoms with Gasteiger partial charge in [-0.2, -0.15) is 0 Å². The molecule has 2 heteroatoms. The zero-order chi connectivity index (χ0) is 31.6. The second kappa shape index (κ2) is 13.0. The van der Waals surface area contributed by atoms with Crippen molar-refractivity contribution in [2.24, 2.45) is 59.2 Å². The summed E-state index contributed by atoms with van der Waals surface area (Å²) in [7, 11) is 0. The topological polar surface area (TPSA) is 6.48 Å². The first-order valence-corrected chi connectivity index (χ1v) is 21.5. The molecule has 258 valence electrons. The van der Waals surface area contributed by atoms with Gasteiger partial charge in [-0.25, -0.2) is 0 Å². The summed E-state index contributed by atoms with van der Waals surface area (Å²) in [4.78, 5) is 5.96. The standard InChI is InChI=1S/C46H64N2/c1-2-12-37(13-3-1)47-43-16-8-6-14-39(43)41-29-35(23-26-45(41)47)32-18-20-33(21-19-32)36-24-27-46-42(30-36)40-15-7-9-17-44(40)48(46)38-25-22-31-10-4-5-11-34(31)28-38/h4,6,8,10,12,14,16,26-27,31-36,38-44H,1-3,5,7,9,11,13,15,17-25,28-30H2. The average Bonchev–Trinajstić information content (AvgIpc) is 3.67. The van der Waals surface area contributed by atoms with Gasteiger partial charge in [-0.05, 0) is 163 Å². The highest BCUT2D eigenvalue weighted by Crippen LogP contribution is 2.57.